The van der Waals surface area contributed by atoms with Gasteiger partial charge < -0.3 is 0 Å². The molecule has 2 aromatic heterocycles. The third-order valence-electron chi connectivity index (χ3n) is 5.26. The smallest absolute Gasteiger partial charge is 0.123 e. The Kier molecular flexibility index (Phi) is 5.54. The molecule has 4 heteroatoms. The van der Waals surface area contributed by atoms with Crippen LogP contribution in [0.2, 0.25) is 0 Å². The molecule has 0 aliphatic carbocycles. The van der Waals surface area contributed by atoms with E-state index in [1.54, 1.807) is 0 Å². The predicted octanol–water partition coefficient (Wildman–Crippen LogP) is 4.59. The Morgan fingerprint density at radius 3 is 2.48 bits per heavy atom. The zero-order chi connectivity index (χ0) is 18.5. The van der Waals surface area contributed by atoms with Crippen molar-refractivity contribution in [2.45, 2.75) is 31.7 Å². The van der Waals surface area contributed by atoms with Crippen LogP contribution in [0.15, 0.2) is 67.0 Å². The zero-order valence-corrected chi connectivity index (χ0v) is 15.4. The van der Waals surface area contributed by atoms with Crippen LogP contribution in [0.5, 0.6) is 0 Å². The SMILES string of the molecule is Fc1ccc(Cc2cccc(C3CCN(Cc4cccnc4)CC3)n2)cc1. The summed E-state index contributed by atoms with van der Waals surface area (Å²) in [6.07, 6.45) is 6.78. The van der Waals surface area contributed by atoms with E-state index in [9.17, 15) is 4.39 Å². The molecule has 0 spiro atoms. The normalized spacial score (nSPS) is 15.7. The highest BCUT2D eigenvalue weighted by Gasteiger charge is 2.21. The van der Waals surface area contributed by atoms with Gasteiger partial charge in [0, 0.05) is 42.7 Å². The van der Waals surface area contributed by atoms with Crippen molar-refractivity contribution in [1.29, 1.82) is 0 Å². The van der Waals surface area contributed by atoms with Crippen molar-refractivity contribution in [3.8, 4) is 0 Å². The van der Waals surface area contributed by atoms with Crippen LogP contribution in [0, 0.1) is 5.82 Å². The zero-order valence-electron chi connectivity index (χ0n) is 15.4. The number of nitrogens with zero attached hydrogens (tertiary/aromatic N) is 3. The van der Waals surface area contributed by atoms with E-state index >= 15 is 0 Å². The van der Waals surface area contributed by atoms with Gasteiger partial charge in [-0.2, -0.15) is 0 Å². The Morgan fingerprint density at radius 1 is 0.926 bits per heavy atom. The average Bonchev–Trinajstić information content (AvgIpc) is 2.71. The quantitative estimate of drug-likeness (QED) is 0.666. The Labute approximate surface area is 159 Å². The van der Waals surface area contributed by atoms with E-state index in [4.69, 9.17) is 4.98 Å². The molecule has 1 aliphatic rings. The van der Waals surface area contributed by atoms with Gasteiger partial charge in [0.2, 0.25) is 0 Å². The van der Waals surface area contributed by atoms with Crippen molar-refractivity contribution < 1.29 is 4.39 Å². The highest BCUT2D eigenvalue weighted by atomic mass is 19.1. The van der Waals surface area contributed by atoms with E-state index in [1.165, 1.54) is 23.4 Å². The van der Waals surface area contributed by atoms with Crippen LogP contribution in [0.1, 0.15) is 41.3 Å². The average molecular weight is 361 g/mol. The van der Waals surface area contributed by atoms with Gasteiger partial charge in [-0.15, -0.1) is 0 Å². The summed E-state index contributed by atoms with van der Waals surface area (Å²) >= 11 is 0. The van der Waals surface area contributed by atoms with E-state index in [0.29, 0.717) is 5.92 Å². The predicted molar refractivity (Wildman–Crippen MR) is 105 cm³/mol. The summed E-state index contributed by atoms with van der Waals surface area (Å²) in [4.78, 5) is 11.6. The lowest BCUT2D eigenvalue weighted by Crippen LogP contribution is -2.32. The lowest BCUT2D eigenvalue weighted by atomic mass is 9.92. The highest BCUT2D eigenvalue weighted by Crippen LogP contribution is 2.27. The summed E-state index contributed by atoms with van der Waals surface area (Å²) in [6, 6.07) is 17.1. The van der Waals surface area contributed by atoms with Crippen molar-refractivity contribution in [2.75, 3.05) is 13.1 Å². The molecule has 0 bridgehead atoms. The first-order valence-electron chi connectivity index (χ1n) is 9.58. The molecule has 3 nitrogen and oxygen atoms in total. The molecule has 0 unspecified atom stereocenters. The van der Waals surface area contributed by atoms with Crippen LogP contribution in [-0.2, 0) is 13.0 Å². The number of likely N-dealkylation sites (tertiary alicyclic amines) is 1. The molecule has 4 rings (SSSR count). The molecule has 1 fully saturated rings. The minimum absolute atomic E-state index is 0.196. The van der Waals surface area contributed by atoms with Crippen molar-refractivity contribution >= 4 is 0 Å². The van der Waals surface area contributed by atoms with E-state index < -0.39 is 0 Å². The molecule has 1 saturated heterocycles. The van der Waals surface area contributed by atoms with Crippen molar-refractivity contribution in [3.63, 3.8) is 0 Å². The number of hydrogen-bond acceptors (Lipinski definition) is 3. The first-order valence-corrected chi connectivity index (χ1v) is 9.58. The fraction of sp³-hybridized carbons (Fsp3) is 0.304. The van der Waals surface area contributed by atoms with Gasteiger partial charge >= 0.3 is 0 Å². The van der Waals surface area contributed by atoms with Crippen LogP contribution in [0.4, 0.5) is 4.39 Å². The maximum atomic E-state index is 13.1. The first-order chi connectivity index (χ1) is 13.3. The number of halogens is 1. The molecule has 27 heavy (non-hydrogen) atoms. The van der Waals surface area contributed by atoms with Crippen LogP contribution in [0.25, 0.3) is 0 Å². The summed E-state index contributed by atoms with van der Waals surface area (Å²) < 4.78 is 13.1. The largest absolute Gasteiger partial charge is 0.299 e. The minimum atomic E-state index is -0.196. The molecule has 1 aliphatic heterocycles. The highest BCUT2D eigenvalue weighted by molar-refractivity contribution is 5.24. The van der Waals surface area contributed by atoms with Crippen molar-refractivity contribution in [3.05, 3.63) is 95.3 Å². The Bertz CT molecular complexity index is 856. The van der Waals surface area contributed by atoms with E-state index in [-0.39, 0.29) is 5.82 Å². The Hall–Kier alpha value is -2.59. The second kappa shape index (κ2) is 8.40. The Balaban J connectivity index is 1.36. The monoisotopic (exact) mass is 361 g/mol. The van der Waals surface area contributed by atoms with Crippen molar-refractivity contribution in [1.82, 2.24) is 14.9 Å². The molecule has 0 radical (unpaired) electrons. The standard InChI is InChI=1S/C23H24FN3/c24-21-8-6-18(7-9-21)15-22-4-1-5-23(26-22)20-10-13-27(14-11-20)17-19-3-2-12-25-16-19/h1-9,12,16,20H,10-11,13-15,17H2. The topological polar surface area (TPSA) is 29.0 Å². The summed E-state index contributed by atoms with van der Waals surface area (Å²) in [7, 11) is 0. The molecule has 3 aromatic rings. The van der Waals surface area contributed by atoms with E-state index in [0.717, 1.165) is 50.2 Å². The molecular formula is C23H24FN3. The summed E-state index contributed by atoms with van der Waals surface area (Å²) in [6.45, 7) is 3.14. The molecule has 138 valence electrons. The van der Waals surface area contributed by atoms with Crippen LogP contribution in [0.3, 0.4) is 0 Å². The number of piperidine rings is 1. The molecule has 3 heterocycles. The number of rotatable bonds is 5. The lowest BCUT2D eigenvalue weighted by Gasteiger charge is -2.31. The van der Waals surface area contributed by atoms with E-state index in [1.807, 2.05) is 30.6 Å². The number of aromatic nitrogens is 2. The Morgan fingerprint density at radius 2 is 1.74 bits per heavy atom. The van der Waals surface area contributed by atoms with Crippen molar-refractivity contribution in [2.24, 2.45) is 0 Å². The van der Waals surface area contributed by atoms with Gasteiger partial charge in [0.1, 0.15) is 5.82 Å². The lowest BCUT2D eigenvalue weighted by molar-refractivity contribution is 0.203. The number of pyridine rings is 2. The first kappa shape index (κ1) is 17.8. The summed E-state index contributed by atoms with van der Waals surface area (Å²) in [5, 5.41) is 0. The molecule has 1 aromatic carbocycles. The van der Waals surface area contributed by atoms with Crippen LogP contribution < -0.4 is 0 Å². The number of hydrogen-bond donors (Lipinski definition) is 0. The van der Waals surface area contributed by atoms with Crippen LogP contribution in [-0.4, -0.2) is 28.0 Å². The third-order valence-corrected chi connectivity index (χ3v) is 5.26. The molecular weight excluding hydrogens is 337 g/mol. The molecule has 0 amide bonds. The second-order valence-electron chi connectivity index (χ2n) is 7.27. The maximum absolute atomic E-state index is 13.1. The minimum Gasteiger partial charge on any atom is -0.299 e. The second-order valence-corrected chi connectivity index (χ2v) is 7.27. The van der Waals surface area contributed by atoms with E-state index in [2.05, 4.69) is 34.1 Å². The fourth-order valence-electron chi connectivity index (χ4n) is 3.77. The molecule has 0 saturated carbocycles. The van der Waals surface area contributed by atoms with Gasteiger partial charge in [-0.1, -0.05) is 24.3 Å². The van der Waals surface area contributed by atoms with Gasteiger partial charge in [0.25, 0.3) is 0 Å². The van der Waals surface area contributed by atoms with Gasteiger partial charge in [-0.25, -0.2) is 4.39 Å². The third kappa shape index (κ3) is 4.77. The van der Waals surface area contributed by atoms with Gasteiger partial charge in [0.05, 0.1) is 0 Å². The van der Waals surface area contributed by atoms with Gasteiger partial charge in [-0.05, 0) is 67.4 Å². The summed E-state index contributed by atoms with van der Waals surface area (Å²) in [5.41, 5.74) is 4.61. The number of benzene rings is 1. The fourth-order valence-corrected chi connectivity index (χ4v) is 3.77. The van der Waals surface area contributed by atoms with Gasteiger partial charge in [0.15, 0.2) is 0 Å². The molecule has 0 N–H and O–H groups in total. The maximum Gasteiger partial charge on any atom is 0.123 e. The summed E-state index contributed by atoms with van der Waals surface area (Å²) in [5.74, 6) is 0.321. The molecule has 0 atom stereocenters. The van der Waals surface area contributed by atoms with Crippen LogP contribution >= 0.6 is 0 Å². The van der Waals surface area contributed by atoms with Gasteiger partial charge in [-0.3, -0.25) is 14.9 Å².